The molecule has 140 valence electrons. The Kier molecular flexibility index (Phi) is 4.13. The van der Waals surface area contributed by atoms with Gasteiger partial charge in [0.05, 0.1) is 6.10 Å². The molecule has 1 heterocycles. The maximum Gasteiger partial charge on any atom is 0.329 e. The quantitative estimate of drug-likeness (QED) is 0.821. The van der Waals surface area contributed by atoms with E-state index in [2.05, 4.69) is 19.2 Å². The molecule has 2 N–H and O–H groups in total. The summed E-state index contributed by atoms with van der Waals surface area (Å²) < 4.78 is 5.81. The maximum absolute atomic E-state index is 11.8. The summed E-state index contributed by atoms with van der Waals surface area (Å²) in [5.74, 6) is 1.38. The zero-order valence-corrected chi connectivity index (χ0v) is 15.4. The number of rotatable bonds is 3. The zero-order chi connectivity index (χ0) is 17.8. The SMILES string of the molecule is C[C@]12CCC(=O)N[C@@H]1CC[C@@H]1[C@@H]2CC[C@]2(C)[C@@H](OCC(=O)O)CC[C@@H]12. The number of carboxylic acid groups (broad SMARTS) is 1. The molecule has 4 fully saturated rings. The Balaban J connectivity index is 1.54. The molecule has 1 saturated heterocycles. The van der Waals surface area contributed by atoms with E-state index in [0.29, 0.717) is 30.2 Å². The van der Waals surface area contributed by atoms with Crippen LogP contribution >= 0.6 is 0 Å². The van der Waals surface area contributed by atoms with Crippen LogP contribution in [0.3, 0.4) is 0 Å². The minimum Gasteiger partial charge on any atom is -0.480 e. The fourth-order valence-corrected chi connectivity index (χ4v) is 7.10. The summed E-state index contributed by atoms with van der Waals surface area (Å²) >= 11 is 0. The van der Waals surface area contributed by atoms with Gasteiger partial charge in [-0.2, -0.15) is 0 Å². The van der Waals surface area contributed by atoms with Crippen LogP contribution in [-0.4, -0.2) is 35.7 Å². The molecule has 1 amide bonds. The van der Waals surface area contributed by atoms with Crippen molar-refractivity contribution >= 4 is 11.9 Å². The van der Waals surface area contributed by atoms with E-state index >= 15 is 0 Å². The summed E-state index contributed by atoms with van der Waals surface area (Å²) in [5.41, 5.74) is 0.357. The highest BCUT2D eigenvalue weighted by atomic mass is 16.5. The van der Waals surface area contributed by atoms with Gasteiger partial charge in [-0.1, -0.05) is 13.8 Å². The predicted molar refractivity (Wildman–Crippen MR) is 92.9 cm³/mol. The normalized spacial score (nSPS) is 48.9. The van der Waals surface area contributed by atoms with Crippen molar-refractivity contribution in [2.24, 2.45) is 28.6 Å². The zero-order valence-electron chi connectivity index (χ0n) is 15.4. The number of carbonyl (C=O) groups excluding carboxylic acids is 1. The largest absolute Gasteiger partial charge is 0.480 e. The Bertz CT molecular complexity index is 578. The molecule has 4 aliphatic rings. The topological polar surface area (TPSA) is 75.6 Å². The van der Waals surface area contributed by atoms with Crippen molar-refractivity contribution in [3.8, 4) is 0 Å². The third-order valence-electron chi connectivity index (χ3n) is 8.42. The first-order valence-corrected chi connectivity index (χ1v) is 9.97. The molecule has 0 aromatic rings. The number of hydrogen-bond donors (Lipinski definition) is 2. The molecule has 25 heavy (non-hydrogen) atoms. The number of aliphatic carboxylic acids is 1. The number of amides is 1. The number of carbonyl (C=O) groups is 2. The first-order chi connectivity index (χ1) is 11.8. The van der Waals surface area contributed by atoms with E-state index in [4.69, 9.17) is 9.84 Å². The Morgan fingerprint density at radius 3 is 2.64 bits per heavy atom. The van der Waals surface area contributed by atoms with Gasteiger partial charge in [0.25, 0.3) is 0 Å². The molecule has 0 bridgehead atoms. The van der Waals surface area contributed by atoms with Gasteiger partial charge in [0, 0.05) is 12.5 Å². The summed E-state index contributed by atoms with van der Waals surface area (Å²) in [6, 6.07) is 0.347. The molecule has 0 unspecified atom stereocenters. The lowest BCUT2D eigenvalue weighted by Gasteiger charge is -2.60. The fraction of sp³-hybridized carbons (Fsp3) is 0.900. The summed E-state index contributed by atoms with van der Waals surface area (Å²) in [7, 11) is 0. The van der Waals surface area contributed by atoms with Crippen LogP contribution in [0.5, 0.6) is 0 Å². The average molecular weight is 349 g/mol. The van der Waals surface area contributed by atoms with Crippen LogP contribution in [-0.2, 0) is 14.3 Å². The van der Waals surface area contributed by atoms with Crippen LogP contribution in [0.2, 0.25) is 0 Å². The third kappa shape index (κ3) is 2.61. The molecule has 1 aliphatic heterocycles. The first kappa shape index (κ1) is 17.3. The standard InChI is InChI=1S/C20H31NO4/c1-19-10-8-17(22)21-15(19)5-3-12-13-4-6-16(25-11-18(23)24)20(13,2)9-7-14(12)19/h12-16H,3-11H2,1-2H3,(H,21,22)(H,23,24)/t12-,13-,14-,15+,16-,19+,20-/m0/s1. The summed E-state index contributed by atoms with van der Waals surface area (Å²) in [5, 5.41) is 12.2. The highest BCUT2D eigenvalue weighted by Gasteiger charge is 2.60. The average Bonchev–Trinajstić information content (AvgIpc) is 2.90. The van der Waals surface area contributed by atoms with Crippen molar-refractivity contribution < 1.29 is 19.4 Å². The molecule has 5 heteroatoms. The van der Waals surface area contributed by atoms with Crippen LogP contribution in [0.25, 0.3) is 0 Å². The van der Waals surface area contributed by atoms with Gasteiger partial charge in [0.1, 0.15) is 6.61 Å². The number of piperidine rings is 1. The highest BCUT2D eigenvalue weighted by molar-refractivity contribution is 5.77. The molecule has 3 saturated carbocycles. The van der Waals surface area contributed by atoms with Crippen molar-refractivity contribution in [2.75, 3.05) is 6.61 Å². The van der Waals surface area contributed by atoms with Gasteiger partial charge >= 0.3 is 5.97 Å². The smallest absolute Gasteiger partial charge is 0.329 e. The van der Waals surface area contributed by atoms with Gasteiger partial charge in [-0.15, -0.1) is 0 Å². The molecule has 0 radical (unpaired) electrons. The van der Waals surface area contributed by atoms with Crippen LogP contribution < -0.4 is 5.32 Å². The van der Waals surface area contributed by atoms with E-state index in [1.165, 1.54) is 12.8 Å². The second kappa shape index (κ2) is 5.97. The van der Waals surface area contributed by atoms with E-state index < -0.39 is 5.97 Å². The molecular formula is C20H31NO4. The fourth-order valence-electron chi connectivity index (χ4n) is 7.10. The van der Waals surface area contributed by atoms with E-state index in [-0.39, 0.29) is 29.4 Å². The molecule has 4 rings (SSSR count). The van der Waals surface area contributed by atoms with Crippen molar-refractivity contribution in [3.05, 3.63) is 0 Å². The van der Waals surface area contributed by atoms with Crippen LogP contribution in [0.4, 0.5) is 0 Å². The van der Waals surface area contributed by atoms with Gasteiger partial charge in [-0.05, 0) is 73.5 Å². The molecule has 3 aliphatic carbocycles. The molecule has 5 nitrogen and oxygen atoms in total. The Morgan fingerprint density at radius 1 is 1.12 bits per heavy atom. The second-order valence-corrected chi connectivity index (χ2v) is 9.40. The number of ether oxygens (including phenoxy) is 1. The lowest BCUT2D eigenvalue weighted by atomic mass is 9.47. The molecule has 0 aromatic carbocycles. The van der Waals surface area contributed by atoms with Crippen LogP contribution in [0.1, 0.15) is 65.2 Å². The minimum absolute atomic E-state index is 0.0890. The first-order valence-electron chi connectivity index (χ1n) is 9.97. The Morgan fingerprint density at radius 2 is 1.88 bits per heavy atom. The summed E-state index contributed by atoms with van der Waals surface area (Å²) in [6.45, 7) is 4.57. The Labute approximate surface area is 149 Å². The van der Waals surface area contributed by atoms with Gasteiger partial charge in [0.15, 0.2) is 0 Å². The number of fused-ring (bicyclic) bond motifs is 5. The third-order valence-corrected chi connectivity index (χ3v) is 8.42. The summed E-state index contributed by atoms with van der Waals surface area (Å²) in [6.07, 6.45) is 8.53. The molecule has 0 aromatic heterocycles. The van der Waals surface area contributed by atoms with E-state index in [0.717, 1.165) is 32.1 Å². The van der Waals surface area contributed by atoms with Crippen molar-refractivity contribution in [3.63, 3.8) is 0 Å². The highest BCUT2D eigenvalue weighted by Crippen LogP contribution is 2.64. The number of carboxylic acids is 1. The van der Waals surface area contributed by atoms with Gasteiger partial charge in [-0.25, -0.2) is 4.79 Å². The van der Waals surface area contributed by atoms with Gasteiger partial charge < -0.3 is 15.2 Å². The predicted octanol–water partition coefficient (Wildman–Crippen LogP) is 2.98. The van der Waals surface area contributed by atoms with Gasteiger partial charge in [-0.3, -0.25) is 4.79 Å². The van der Waals surface area contributed by atoms with Crippen LogP contribution in [0, 0.1) is 28.6 Å². The molecule has 7 atom stereocenters. The number of hydrogen-bond acceptors (Lipinski definition) is 3. The van der Waals surface area contributed by atoms with Crippen molar-refractivity contribution in [2.45, 2.75) is 77.4 Å². The monoisotopic (exact) mass is 349 g/mol. The van der Waals surface area contributed by atoms with Gasteiger partial charge in [0.2, 0.25) is 5.91 Å². The molecule has 0 spiro atoms. The maximum atomic E-state index is 11.8. The molecular weight excluding hydrogens is 318 g/mol. The van der Waals surface area contributed by atoms with E-state index in [9.17, 15) is 9.59 Å². The number of nitrogens with one attached hydrogen (secondary N) is 1. The Hall–Kier alpha value is -1.10. The summed E-state index contributed by atoms with van der Waals surface area (Å²) in [4.78, 5) is 22.8. The van der Waals surface area contributed by atoms with E-state index in [1.807, 2.05) is 0 Å². The van der Waals surface area contributed by atoms with Crippen LogP contribution in [0.15, 0.2) is 0 Å². The second-order valence-electron chi connectivity index (χ2n) is 9.40. The lowest BCUT2D eigenvalue weighted by molar-refractivity contribution is -0.154. The minimum atomic E-state index is -0.869. The lowest BCUT2D eigenvalue weighted by Crippen LogP contribution is -2.61. The van der Waals surface area contributed by atoms with E-state index in [1.54, 1.807) is 0 Å². The van der Waals surface area contributed by atoms with Crippen molar-refractivity contribution in [1.82, 2.24) is 5.32 Å². The van der Waals surface area contributed by atoms with Crippen molar-refractivity contribution in [1.29, 1.82) is 0 Å².